The number of benzene rings is 1. The summed E-state index contributed by atoms with van der Waals surface area (Å²) in [4.78, 5) is 12.3. The first kappa shape index (κ1) is 12.9. The molecule has 18 heavy (non-hydrogen) atoms. The number of ether oxygens (including phenoxy) is 1. The topological polar surface area (TPSA) is 38.3 Å². The summed E-state index contributed by atoms with van der Waals surface area (Å²) in [5.41, 5.74) is 0.604. The van der Waals surface area contributed by atoms with Crippen molar-refractivity contribution in [1.82, 2.24) is 0 Å². The zero-order valence-electron chi connectivity index (χ0n) is 11.2. The molecule has 1 fully saturated rings. The molecule has 0 heterocycles. The molecule has 1 aromatic carbocycles. The van der Waals surface area contributed by atoms with Crippen LogP contribution in [0.4, 0.5) is 5.69 Å². The third kappa shape index (κ3) is 2.84. The van der Waals surface area contributed by atoms with Crippen molar-refractivity contribution in [3.05, 3.63) is 24.3 Å². The van der Waals surface area contributed by atoms with E-state index >= 15 is 0 Å². The molecule has 0 aromatic heterocycles. The van der Waals surface area contributed by atoms with E-state index < -0.39 is 0 Å². The number of methoxy groups -OCH3 is 1. The van der Waals surface area contributed by atoms with Crippen LogP contribution in [0.1, 0.15) is 39.0 Å². The van der Waals surface area contributed by atoms with Gasteiger partial charge in [0.1, 0.15) is 5.75 Å². The van der Waals surface area contributed by atoms with Crippen molar-refractivity contribution >= 4 is 11.6 Å². The van der Waals surface area contributed by atoms with Crippen molar-refractivity contribution in [3.8, 4) is 5.75 Å². The second-order valence-electron chi connectivity index (χ2n) is 5.31. The van der Waals surface area contributed by atoms with Gasteiger partial charge >= 0.3 is 0 Å². The van der Waals surface area contributed by atoms with E-state index in [4.69, 9.17) is 4.74 Å². The third-order valence-electron chi connectivity index (χ3n) is 3.83. The number of nitrogens with one attached hydrogen (secondary N) is 1. The highest BCUT2D eigenvalue weighted by molar-refractivity contribution is 5.95. The molecule has 1 aliphatic carbocycles. The van der Waals surface area contributed by atoms with E-state index in [9.17, 15) is 4.79 Å². The second-order valence-corrected chi connectivity index (χ2v) is 5.31. The molecular weight excluding hydrogens is 226 g/mol. The zero-order chi connectivity index (χ0) is 13.0. The Morgan fingerprint density at radius 1 is 1.28 bits per heavy atom. The maximum absolute atomic E-state index is 12.3. The summed E-state index contributed by atoms with van der Waals surface area (Å²) in [6, 6.07) is 7.51. The highest BCUT2D eigenvalue weighted by Crippen LogP contribution is 2.36. The van der Waals surface area contributed by atoms with Crippen molar-refractivity contribution in [2.45, 2.75) is 39.0 Å². The highest BCUT2D eigenvalue weighted by atomic mass is 16.5. The third-order valence-corrected chi connectivity index (χ3v) is 3.83. The summed E-state index contributed by atoms with van der Waals surface area (Å²) in [5.74, 6) is 0.900. The maximum atomic E-state index is 12.3. The maximum Gasteiger partial charge on any atom is 0.230 e. The highest BCUT2D eigenvalue weighted by Gasteiger charge is 2.34. The molecule has 0 bridgehead atoms. The molecule has 3 heteroatoms. The largest absolute Gasteiger partial charge is 0.497 e. The Hall–Kier alpha value is -1.51. The van der Waals surface area contributed by atoms with E-state index in [0.29, 0.717) is 0 Å². The molecule has 0 unspecified atom stereocenters. The van der Waals surface area contributed by atoms with Gasteiger partial charge in [-0.3, -0.25) is 4.79 Å². The number of anilines is 1. The number of hydrogen-bond acceptors (Lipinski definition) is 2. The molecule has 2 rings (SSSR count). The summed E-state index contributed by atoms with van der Waals surface area (Å²) < 4.78 is 5.16. The molecule has 3 nitrogen and oxygen atoms in total. The van der Waals surface area contributed by atoms with Crippen molar-refractivity contribution in [3.63, 3.8) is 0 Å². The molecule has 1 aromatic rings. The van der Waals surface area contributed by atoms with Gasteiger partial charge in [-0.05, 0) is 25.0 Å². The molecule has 0 saturated heterocycles. The predicted octanol–water partition coefficient (Wildman–Crippen LogP) is 3.60. The SMILES string of the molecule is COc1cccc(NC(=O)C2(C)CCCCC2)c1. The lowest BCUT2D eigenvalue weighted by Gasteiger charge is -2.32. The van der Waals surface area contributed by atoms with Gasteiger partial charge in [-0.1, -0.05) is 32.3 Å². The molecule has 0 aliphatic heterocycles. The summed E-state index contributed by atoms with van der Waals surface area (Å²) in [5, 5.41) is 3.01. The molecule has 1 N–H and O–H groups in total. The lowest BCUT2D eigenvalue weighted by Crippen LogP contribution is -2.35. The number of hydrogen-bond donors (Lipinski definition) is 1. The van der Waals surface area contributed by atoms with Gasteiger partial charge in [0, 0.05) is 17.2 Å². The van der Waals surface area contributed by atoms with Crippen LogP contribution in [0.5, 0.6) is 5.75 Å². The summed E-state index contributed by atoms with van der Waals surface area (Å²) >= 11 is 0. The number of rotatable bonds is 3. The van der Waals surface area contributed by atoms with Crippen LogP contribution >= 0.6 is 0 Å². The lowest BCUT2D eigenvalue weighted by molar-refractivity contribution is -0.126. The number of carbonyl (C=O) groups excluding carboxylic acids is 1. The zero-order valence-corrected chi connectivity index (χ0v) is 11.2. The van der Waals surface area contributed by atoms with E-state index in [0.717, 1.165) is 37.1 Å². The van der Waals surface area contributed by atoms with Crippen molar-refractivity contribution < 1.29 is 9.53 Å². The van der Waals surface area contributed by atoms with Crippen LogP contribution < -0.4 is 10.1 Å². The van der Waals surface area contributed by atoms with E-state index in [1.165, 1.54) is 6.42 Å². The average molecular weight is 247 g/mol. The van der Waals surface area contributed by atoms with Gasteiger partial charge in [-0.25, -0.2) is 0 Å². The van der Waals surface area contributed by atoms with Gasteiger partial charge in [0.25, 0.3) is 0 Å². The van der Waals surface area contributed by atoms with Gasteiger partial charge in [-0.2, -0.15) is 0 Å². The van der Waals surface area contributed by atoms with Crippen molar-refractivity contribution in [2.75, 3.05) is 12.4 Å². The van der Waals surface area contributed by atoms with Crippen LogP contribution in [0.2, 0.25) is 0 Å². The average Bonchev–Trinajstić information content (AvgIpc) is 2.40. The molecular formula is C15H21NO2. The fourth-order valence-corrected chi connectivity index (χ4v) is 2.54. The van der Waals surface area contributed by atoms with E-state index in [1.54, 1.807) is 7.11 Å². The fourth-order valence-electron chi connectivity index (χ4n) is 2.54. The van der Waals surface area contributed by atoms with Crippen molar-refractivity contribution in [2.24, 2.45) is 5.41 Å². The first-order chi connectivity index (χ1) is 8.64. The van der Waals surface area contributed by atoms with E-state index in [1.807, 2.05) is 24.3 Å². The molecule has 0 spiro atoms. The predicted molar refractivity (Wildman–Crippen MR) is 72.8 cm³/mol. The minimum Gasteiger partial charge on any atom is -0.497 e. The van der Waals surface area contributed by atoms with E-state index in [-0.39, 0.29) is 11.3 Å². The fraction of sp³-hybridized carbons (Fsp3) is 0.533. The quantitative estimate of drug-likeness (QED) is 0.886. The van der Waals surface area contributed by atoms with Crippen LogP contribution in [0, 0.1) is 5.41 Å². The Morgan fingerprint density at radius 2 is 2.00 bits per heavy atom. The van der Waals surface area contributed by atoms with Gasteiger partial charge in [0.2, 0.25) is 5.91 Å². The van der Waals surface area contributed by atoms with Crippen LogP contribution in [0.25, 0.3) is 0 Å². The minimum absolute atomic E-state index is 0.135. The smallest absolute Gasteiger partial charge is 0.230 e. The van der Waals surface area contributed by atoms with Crippen LogP contribution in [-0.2, 0) is 4.79 Å². The molecule has 1 amide bonds. The Bertz CT molecular complexity index is 422. The summed E-state index contributed by atoms with van der Waals surface area (Å²) in [7, 11) is 1.63. The molecule has 98 valence electrons. The number of amides is 1. The summed E-state index contributed by atoms with van der Waals surface area (Å²) in [6.07, 6.45) is 5.54. The first-order valence-electron chi connectivity index (χ1n) is 6.59. The standard InChI is InChI=1S/C15H21NO2/c1-15(9-4-3-5-10-15)14(17)16-12-7-6-8-13(11-12)18-2/h6-8,11H,3-5,9-10H2,1-2H3,(H,16,17). The van der Waals surface area contributed by atoms with Gasteiger partial charge in [0.05, 0.1) is 7.11 Å². The number of carbonyl (C=O) groups is 1. The Balaban J connectivity index is 2.05. The normalized spacial score (nSPS) is 18.1. The summed E-state index contributed by atoms with van der Waals surface area (Å²) in [6.45, 7) is 2.07. The lowest BCUT2D eigenvalue weighted by atomic mass is 9.75. The van der Waals surface area contributed by atoms with Crippen LogP contribution in [-0.4, -0.2) is 13.0 Å². The van der Waals surface area contributed by atoms with Gasteiger partial charge in [-0.15, -0.1) is 0 Å². The van der Waals surface area contributed by atoms with Gasteiger partial charge < -0.3 is 10.1 Å². The Kier molecular flexibility index (Phi) is 3.90. The second kappa shape index (κ2) is 5.42. The Morgan fingerprint density at radius 3 is 2.67 bits per heavy atom. The minimum atomic E-state index is -0.207. The van der Waals surface area contributed by atoms with Gasteiger partial charge in [0.15, 0.2) is 0 Å². The Labute approximate surface area is 109 Å². The van der Waals surface area contributed by atoms with Crippen molar-refractivity contribution in [1.29, 1.82) is 0 Å². The van der Waals surface area contributed by atoms with E-state index in [2.05, 4.69) is 12.2 Å². The molecule has 0 radical (unpaired) electrons. The molecule has 0 atom stereocenters. The monoisotopic (exact) mass is 247 g/mol. The molecule has 1 aliphatic rings. The van der Waals surface area contributed by atoms with Crippen LogP contribution in [0.15, 0.2) is 24.3 Å². The van der Waals surface area contributed by atoms with Crippen LogP contribution in [0.3, 0.4) is 0 Å². The molecule has 1 saturated carbocycles. The first-order valence-corrected chi connectivity index (χ1v) is 6.59.